The summed E-state index contributed by atoms with van der Waals surface area (Å²) in [6.45, 7) is -0.500. The minimum Gasteiger partial charge on any atom is -0.483 e. The average Bonchev–Trinajstić information content (AvgIpc) is 1.88. The first-order chi connectivity index (χ1) is 5.76. The van der Waals surface area contributed by atoms with Gasteiger partial charge in [-0.15, -0.1) is 0 Å². The van der Waals surface area contributed by atoms with Crippen molar-refractivity contribution in [1.82, 2.24) is 0 Å². The summed E-state index contributed by atoms with van der Waals surface area (Å²) in [4.78, 5) is 16.7. The minimum absolute atomic E-state index is 0.250. The summed E-state index contributed by atoms with van der Waals surface area (Å²) in [7, 11) is 0. The Balaban J connectivity index is 0. The lowest BCUT2D eigenvalue weighted by Crippen LogP contribution is -2.06. The maximum absolute atomic E-state index is 8.36. The second-order valence-electron chi connectivity index (χ2n) is 1.97. The van der Waals surface area contributed by atoms with Crippen LogP contribution in [0.2, 0.25) is 0 Å². The molecule has 1 saturated carbocycles. The van der Waals surface area contributed by atoms with Crippen LogP contribution >= 0.6 is 0 Å². The van der Waals surface area contributed by atoms with Crippen molar-refractivity contribution in [2.45, 2.75) is 19.3 Å². The molecule has 12 heavy (non-hydrogen) atoms. The van der Waals surface area contributed by atoms with E-state index in [9.17, 15) is 0 Å². The van der Waals surface area contributed by atoms with Gasteiger partial charge in [0.2, 0.25) is 0 Å². The van der Waals surface area contributed by atoms with E-state index in [1.807, 2.05) is 0 Å². The SMILES string of the molecule is N#CC1CCC1.O=CO.O=CO. The lowest BCUT2D eigenvalue weighted by Gasteiger charge is -2.15. The maximum atomic E-state index is 8.36. The van der Waals surface area contributed by atoms with Gasteiger partial charge in [-0.3, -0.25) is 9.59 Å². The first-order valence-corrected chi connectivity index (χ1v) is 3.32. The molecule has 0 spiro atoms. The molecule has 5 nitrogen and oxygen atoms in total. The molecule has 0 aromatic rings. The predicted octanol–water partition coefficient (Wildman–Crippen LogP) is 0.712. The third-order valence-electron chi connectivity index (χ3n) is 1.29. The summed E-state index contributed by atoms with van der Waals surface area (Å²) in [6.07, 6.45) is 3.57. The second-order valence-corrected chi connectivity index (χ2v) is 1.97. The zero-order valence-electron chi connectivity index (χ0n) is 6.51. The smallest absolute Gasteiger partial charge is 0.290 e. The molecule has 0 aromatic heterocycles. The Morgan fingerprint density at radius 3 is 1.58 bits per heavy atom. The van der Waals surface area contributed by atoms with Gasteiger partial charge in [-0.1, -0.05) is 6.42 Å². The first kappa shape index (κ1) is 13.1. The molecule has 0 saturated heterocycles. The maximum Gasteiger partial charge on any atom is 0.290 e. The molecule has 0 aliphatic heterocycles. The predicted molar refractivity (Wildman–Crippen MR) is 40.3 cm³/mol. The van der Waals surface area contributed by atoms with E-state index >= 15 is 0 Å². The van der Waals surface area contributed by atoms with Gasteiger partial charge < -0.3 is 10.2 Å². The van der Waals surface area contributed by atoms with Crippen LogP contribution in [0.1, 0.15) is 19.3 Å². The van der Waals surface area contributed by atoms with Gasteiger partial charge in [-0.05, 0) is 12.8 Å². The van der Waals surface area contributed by atoms with Gasteiger partial charge in [0, 0.05) is 5.92 Å². The van der Waals surface area contributed by atoms with E-state index < -0.39 is 0 Å². The van der Waals surface area contributed by atoms with E-state index in [4.69, 9.17) is 25.1 Å². The molecule has 1 fully saturated rings. The number of hydrogen-bond donors (Lipinski definition) is 2. The molecule has 1 aliphatic carbocycles. The highest BCUT2D eigenvalue weighted by atomic mass is 16.3. The van der Waals surface area contributed by atoms with E-state index in [0.717, 1.165) is 12.8 Å². The fourth-order valence-corrected chi connectivity index (χ4v) is 0.537. The fourth-order valence-electron chi connectivity index (χ4n) is 0.537. The fraction of sp³-hybridized carbons (Fsp3) is 0.571. The van der Waals surface area contributed by atoms with Gasteiger partial charge in [0.1, 0.15) is 0 Å². The van der Waals surface area contributed by atoms with Gasteiger partial charge in [0.25, 0.3) is 12.9 Å². The molecule has 68 valence electrons. The lowest BCUT2D eigenvalue weighted by molar-refractivity contribution is -0.123. The Labute approximate surface area is 70.2 Å². The Bertz CT molecular complexity index is 142. The van der Waals surface area contributed by atoms with E-state index in [-0.39, 0.29) is 12.9 Å². The van der Waals surface area contributed by atoms with Crippen LogP contribution in [0.4, 0.5) is 0 Å². The molecular formula is C7H11NO4. The summed E-state index contributed by atoms with van der Waals surface area (Å²) in [5.41, 5.74) is 0. The Hall–Kier alpha value is -1.57. The Morgan fingerprint density at radius 1 is 1.25 bits per heavy atom. The average molecular weight is 173 g/mol. The van der Waals surface area contributed by atoms with Crippen molar-refractivity contribution >= 4 is 12.9 Å². The lowest BCUT2D eigenvalue weighted by atomic mass is 9.87. The van der Waals surface area contributed by atoms with E-state index in [0.29, 0.717) is 5.92 Å². The topological polar surface area (TPSA) is 98.4 Å². The highest BCUT2D eigenvalue weighted by molar-refractivity contribution is 5.32. The normalized spacial score (nSPS) is 12.9. The van der Waals surface area contributed by atoms with Crippen LogP contribution in [0.25, 0.3) is 0 Å². The van der Waals surface area contributed by atoms with Crippen molar-refractivity contribution in [3.63, 3.8) is 0 Å². The van der Waals surface area contributed by atoms with Gasteiger partial charge in [-0.25, -0.2) is 0 Å². The van der Waals surface area contributed by atoms with E-state index in [1.54, 1.807) is 0 Å². The van der Waals surface area contributed by atoms with Gasteiger partial charge in [-0.2, -0.15) is 5.26 Å². The molecular weight excluding hydrogens is 162 g/mol. The van der Waals surface area contributed by atoms with Crippen molar-refractivity contribution in [3.05, 3.63) is 0 Å². The monoisotopic (exact) mass is 173 g/mol. The van der Waals surface area contributed by atoms with Gasteiger partial charge >= 0.3 is 0 Å². The van der Waals surface area contributed by atoms with E-state index in [1.165, 1.54) is 6.42 Å². The second kappa shape index (κ2) is 12.1. The standard InChI is InChI=1S/C5H7N.2CH2O2/c6-4-5-2-1-3-5;2*2-1-3/h5H,1-3H2;2*1H,(H,2,3). The largest absolute Gasteiger partial charge is 0.483 e. The molecule has 2 N–H and O–H groups in total. The van der Waals surface area contributed by atoms with Crippen molar-refractivity contribution in [2.75, 3.05) is 0 Å². The molecule has 0 amide bonds. The van der Waals surface area contributed by atoms with Crippen LogP contribution in [-0.2, 0) is 9.59 Å². The summed E-state index contributed by atoms with van der Waals surface area (Å²) < 4.78 is 0. The van der Waals surface area contributed by atoms with Crippen LogP contribution in [0.15, 0.2) is 0 Å². The molecule has 0 atom stereocenters. The number of nitrogens with zero attached hydrogens (tertiary/aromatic N) is 1. The zero-order valence-corrected chi connectivity index (χ0v) is 6.51. The van der Waals surface area contributed by atoms with Crippen LogP contribution in [0.3, 0.4) is 0 Å². The van der Waals surface area contributed by atoms with Gasteiger partial charge in [0.05, 0.1) is 6.07 Å². The Morgan fingerprint density at radius 2 is 1.58 bits per heavy atom. The van der Waals surface area contributed by atoms with Crippen molar-refractivity contribution in [1.29, 1.82) is 5.26 Å². The molecule has 0 unspecified atom stereocenters. The summed E-state index contributed by atoms with van der Waals surface area (Å²) >= 11 is 0. The number of rotatable bonds is 0. The molecule has 1 aliphatic rings. The third-order valence-corrected chi connectivity index (χ3v) is 1.29. The zero-order chi connectivity index (χ0) is 9.82. The number of carbonyl (C=O) groups is 2. The van der Waals surface area contributed by atoms with Gasteiger partial charge in [0.15, 0.2) is 0 Å². The molecule has 1 rings (SSSR count). The molecule has 0 heterocycles. The quantitative estimate of drug-likeness (QED) is 0.525. The number of nitriles is 1. The van der Waals surface area contributed by atoms with Crippen LogP contribution in [0.5, 0.6) is 0 Å². The highest BCUT2D eigenvalue weighted by Gasteiger charge is 2.14. The van der Waals surface area contributed by atoms with Crippen molar-refractivity contribution in [2.24, 2.45) is 5.92 Å². The molecule has 5 heteroatoms. The van der Waals surface area contributed by atoms with Crippen molar-refractivity contribution < 1.29 is 19.8 Å². The first-order valence-electron chi connectivity index (χ1n) is 3.32. The molecule has 0 bridgehead atoms. The molecule has 0 aromatic carbocycles. The van der Waals surface area contributed by atoms with Crippen molar-refractivity contribution in [3.8, 4) is 6.07 Å². The van der Waals surface area contributed by atoms with Crippen LogP contribution in [-0.4, -0.2) is 23.2 Å². The van der Waals surface area contributed by atoms with Crippen LogP contribution < -0.4 is 0 Å². The van der Waals surface area contributed by atoms with Crippen LogP contribution in [0, 0.1) is 17.2 Å². The molecule has 0 radical (unpaired) electrons. The Kier molecular flexibility index (Phi) is 13.2. The summed E-state index contributed by atoms with van der Waals surface area (Å²) in [5.74, 6) is 0.421. The number of carboxylic acid groups (broad SMARTS) is 2. The highest BCUT2D eigenvalue weighted by Crippen LogP contribution is 2.24. The van der Waals surface area contributed by atoms with E-state index in [2.05, 4.69) is 6.07 Å². The summed E-state index contributed by atoms with van der Waals surface area (Å²) in [5, 5.41) is 21.9. The third kappa shape index (κ3) is 11.3. The number of hydrogen-bond acceptors (Lipinski definition) is 3. The summed E-state index contributed by atoms with van der Waals surface area (Å²) in [6, 6.07) is 2.20. The minimum atomic E-state index is -0.250.